The summed E-state index contributed by atoms with van der Waals surface area (Å²) >= 11 is 0. The molecule has 0 aromatic rings. The minimum Gasteiger partial charge on any atom is -0.506 e. The molecule has 12 heavy (non-hydrogen) atoms. The van der Waals surface area contributed by atoms with Gasteiger partial charge in [0.05, 0.1) is 0 Å². The first-order valence-corrected chi connectivity index (χ1v) is 3.24. The molecule has 0 bridgehead atoms. The summed E-state index contributed by atoms with van der Waals surface area (Å²) in [5, 5.41) is 35.1. The Hall–Kier alpha value is -0.850. The van der Waals surface area contributed by atoms with E-state index in [2.05, 4.69) is 4.74 Å². The van der Waals surface area contributed by atoms with E-state index in [9.17, 15) is 4.39 Å². The summed E-state index contributed by atoms with van der Waals surface area (Å²) in [6.07, 6.45) is -3.21. The Bertz CT molecular complexity index is 206. The molecule has 1 aliphatic heterocycles. The Morgan fingerprint density at radius 3 is 2.67 bits per heavy atom. The van der Waals surface area contributed by atoms with Gasteiger partial charge < -0.3 is 25.2 Å². The first-order valence-electron chi connectivity index (χ1n) is 3.24. The van der Waals surface area contributed by atoms with Gasteiger partial charge in [-0.15, -0.1) is 0 Å². The number of aliphatic hydroxyl groups excluding tert-OH is 4. The zero-order valence-electron chi connectivity index (χ0n) is 6.01. The lowest BCUT2D eigenvalue weighted by Gasteiger charge is -2.33. The van der Waals surface area contributed by atoms with E-state index in [0.717, 1.165) is 0 Å². The second kappa shape index (κ2) is 2.89. The number of alkyl halides is 1. The molecular weight excluding hydrogens is 171 g/mol. The number of hydrogen-bond donors (Lipinski definition) is 4. The number of aliphatic hydroxyl groups is 4. The Kier molecular flexibility index (Phi) is 2.22. The maximum atomic E-state index is 13.1. The van der Waals surface area contributed by atoms with Crippen LogP contribution in [-0.4, -0.2) is 45.1 Å². The van der Waals surface area contributed by atoms with Gasteiger partial charge >= 0.3 is 0 Å². The van der Waals surface area contributed by atoms with E-state index < -0.39 is 30.4 Å². The lowest BCUT2D eigenvalue weighted by Crippen LogP contribution is -2.52. The monoisotopic (exact) mass is 180 g/mol. The van der Waals surface area contributed by atoms with Crippen LogP contribution < -0.4 is 0 Å². The summed E-state index contributed by atoms with van der Waals surface area (Å²) in [7, 11) is 0. The van der Waals surface area contributed by atoms with E-state index >= 15 is 0 Å². The SMILES string of the molecule is OC[C@]1(F)OC=C(O)[C@H](O)[C@H]1O. The largest absolute Gasteiger partial charge is 0.506 e. The zero-order chi connectivity index (χ0) is 9.35. The van der Waals surface area contributed by atoms with Crippen LogP contribution in [0.3, 0.4) is 0 Å². The van der Waals surface area contributed by atoms with Crippen LogP contribution in [0.2, 0.25) is 0 Å². The van der Waals surface area contributed by atoms with Gasteiger partial charge in [-0.1, -0.05) is 0 Å². The van der Waals surface area contributed by atoms with Crippen molar-refractivity contribution in [2.45, 2.75) is 18.1 Å². The van der Waals surface area contributed by atoms with E-state index in [4.69, 9.17) is 20.4 Å². The van der Waals surface area contributed by atoms with Gasteiger partial charge in [0, 0.05) is 0 Å². The van der Waals surface area contributed by atoms with Gasteiger partial charge in [-0.25, -0.2) is 0 Å². The van der Waals surface area contributed by atoms with Crippen molar-refractivity contribution in [3.05, 3.63) is 12.0 Å². The third-order valence-electron chi connectivity index (χ3n) is 1.63. The molecule has 0 aromatic carbocycles. The van der Waals surface area contributed by atoms with Gasteiger partial charge in [0.15, 0.2) is 11.9 Å². The van der Waals surface area contributed by atoms with Crippen molar-refractivity contribution in [3.8, 4) is 0 Å². The Balaban J connectivity index is 2.86. The fourth-order valence-corrected chi connectivity index (χ4v) is 0.826. The molecule has 6 heteroatoms. The molecule has 0 radical (unpaired) electrons. The number of halogens is 1. The second-order valence-corrected chi connectivity index (χ2v) is 2.49. The van der Waals surface area contributed by atoms with Crippen LogP contribution in [-0.2, 0) is 4.74 Å². The van der Waals surface area contributed by atoms with Gasteiger partial charge in [-0.3, -0.25) is 0 Å². The second-order valence-electron chi connectivity index (χ2n) is 2.49. The molecular formula is C6H9FO5. The Labute approximate surface area is 67.3 Å². The predicted molar refractivity (Wildman–Crippen MR) is 34.7 cm³/mol. The molecule has 0 aromatic heterocycles. The van der Waals surface area contributed by atoms with E-state index in [1.165, 1.54) is 0 Å². The summed E-state index contributed by atoms with van der Waals surface area (Å²) in [6.45, 7) is -1.10. The van der Waals surface area contributed by atoms with Crippen LogP contribution in [0.25, 0.3) is 0 Å². The zero-order valence-corrected chi connectivity index (χ0v) is 6.01. The van der Waals surface area contributed by atoms with Crippen LogP contribution >= 0.6 is 0 Å². The molecule has 70 valence electrons. The Morgan fingerprint density at radius 1 is 1.58 bits per heavy atom. The fourth-order valence-electron chi connectivity index (χ4n) is 0.826. The van der Waals surface area contributed by atoms with Crippen LogP contribution in [0.4, 0.5) is 4.39 Å². The third kappa shape index (κ3) is 1.24. The van der Waals surface area contributed by atoms with Crippen molar-refractivity contribution < 1.29 is 29.6 Å². The highest BCUT2D eigenvalue weighted by Gasteiger charge is 2.48. The quantitative estimate of drug-likeness (QED) is 0.407. The fraction of sp³-hybridized carbons (Fsp3) is 0.667. The van der Waals surface area contributed by atoms with Crippen molar-refractivity contribution in [1.82, 2.24) is 0 Å². The molecule has 0 aliphatic carbocycles. The van der Waals surface area contributed by atoms with Crippen molar-refractivity contribution in [2.75, 3.05) is 6.61 Å². The number of rotatable bonds is 1. The van der Waals surface area contributed by atoms with Gasteiger partial charge in [0.25, 0.3) is 5.85 Å². The Morgan fingerprint density at radius 2 is 2.17 bits per heavy atom. The summed E-state index contributed by atoms with van der Waals surface area (Å²) in [4.78, 5) is 0. The molecule has 0 unspecified atom stereocenters. The molecule has 1 heterocycles. The van der Waals surface area contributed by atoms with Gasteiger partial charge in [0.2, 0.25) is 0 Å². The topological polar surface area (TPSA) is 90.2 Å². The van der Waals surface area contributed by atoms with Gasteiger partial charge in [-0.05, 0) is 0 Å². The van der Waals surface area contributed by atoms with Crippen molar-refractivity contribution >= 4 is 0 Å². The standard InChI is InChI=1S/C6H9FO5/c7-6(2-8)5(11)4(10)3(9)1-12-6/h1,4-5,8-11H,2H2/t4-,5+,6-/m0/s1. The molecule has 0 saturated carbocycles. The van der Waals surface area contributed by atoms with Crippen LogP contribution in [0.1, 0.15) is 0 Å². The lowest BCUT2D eigenvalue weighted by molar-refractivity contribution is -0.234. The van der Waals surface area contributed by atoms with E-state index in [1.807, 2.05) is 0 Å². The minimum atomic E-state index is -2.74. The summed E-state index contributed by atoms with van der Waals surface area (Å²) < 4.78 is 17.3. The van der Waals surface area contributed by atoms with Gasteiger partial charge in [-0.2, -0.15) is 4.39 Å². The van der Waals surface area contributed by atoms with Crippen molar-refractivity contribution in [2.24, 2.45) is 0 Å². The average molecular weight is 180 g/mol. The minimum absolute atomic E-state index is 0.549. The highest BCUT2D eigenvalue weighted by atomic mass is 19.2. The molecule has 3 atom stereocenters. The van der Waals surface area contributed by atoms with Crippen LogP contribution in [0, 0.1) is 0 Å². The summed E-state index contributed by atoms with van der Waals surface area (Å²) in [5.74, 6) is -3.42. The summed E-state index contributed by atoms with van der Waals surface area (Å²) in [6, 6.07) is 0. The van der Waals surface area contributed by atoms with E-state index in [1.54, 1.807) is 0 Å². The first-order chi connectivity index (χ1) is 5.51. The highest BCUT2D eigenvalue weighted by molar-refractivity contribution is 5.06. The maximum absolute atomic E-state index is 13.1. The van der Waals surface area contributed by atoms with Crippen molar-refractivity contribution in [3.63, 3.8) is 0 Å². The molecule has 0 amide bonds. The predicted octanol–water partition coefficient (Wildman–Crippen LogP) is -1.20. The molecule has 4 N–H and O–H groups in total. The highest BCUT2D eigenvalue weighted by Crippen LogP contribution is 2.27. The van der Waals surface area contributed by atoms with E-state index in [-0.39, 0.29) is 0 Å². The van der Waals surface area contributed by atoms with Crippen LogP contribution in [0.5, 0.6) is 0 Å². The molecule has 5 nitrogen and oxygen atoms in total. The normalized spacial score (nSPS) is 41.8. The third-order valence-corrected chi connectivity index (χ3v) is 1.63. The summed E-state index contributed by atoms with van der Waals surface area (Å²) in [5.41, 5.74) is 0. The van der Waals surface area contributed by atoms with E-state index in [0.29, 0.717) is 6.26 Å². The molecule has 1 rings (SSSR count). The smallest absolute Gasteiger partial charge is 0.299 e. The molecule has 1 aliphatic rings. The number of hydrogen-bond acceptors (Lipinski definition) is 5. The molecule has 0 fully saturated rings. The van der Waals surface area contributed by atoms with Crippen molar-refractivity contribution in [1.29, 1.82) is 0 Å². The van der Waals surface area contributed by atoms with Gasteiger partial charge in [0.1, 0.15) is 19.0 Å². The first kappa shape index (κ1) is 9.24. The maximum Gasteiger partial charge on any atom is 0.299 e. The van der Waals surface area contributed by atoms with Crippen LogP contribution in [0.15, 0.2) is 12.0 Å². The lowest BCUT2D eigenvalue weighted by atomic mass is 10.0. The molecule has 0 spiro atoms. The molecule has 0 saturated heterocycles. The average Bonchev–Trinajstić information content (AvgIpc) is 2.09. The number of ether oxygens (including phenoxy) is 1.